The third kappa shape index (κ3) is 1.78. The fraction of sp³-hybridized carbons (Fsp3) is 0.182. The molecule has 1 heterocycles. The summed E-state index contributed by atoms with van der Waals surface area (Å²) in [4.78, 5) is 29.6. The molecule has 0 bridgehead atoms. The van der Waals surface area contributed by atoms with Crippen LogP contribution in [0.25, 0.3) is 10.9 Å². The molecule has 0 radical (unpaired) electrons. The third-order valence-corrected chi connectivity index (χ3v) is 2.90. The number of Topliss-reactive ketones (excluding diaryl/α,β-unsaturated/α-hetero) is 1. The molecule has 2 rings (SSSR count). The number of ketones is 1. The highest BCUT2D eigenvalue weighted by Crippen LogP contribution is 2.15. The molecule has 1 aromatic heterocycles. The number of carbonyl (C=O) groups is 1. The molecule has 0 fully saturated rings. The van der Waals surface area contributed by atoms with E-state index in [4.69, 9.17) is 0 Å². The SMILES string of the molecule is CC(=O)c1nc2cccc(CBr)c2c(=O)[nH]1. The zero-order valence-electron chi connectivity index (χ0n) is 8.58. The average molecular weight is 281 g/mol. The molecule has 0 atom stereocenters. The molecule has 1 aromatic carbocycles. The molecule has 16 heavy (non-hydrogen) atoms. The van der Waals surface area contributed by atoms with E-state index in [9.17, 15) is 9.59 Å². The van der Waals surface area contributed by atoms with Gasteiger partial charge in [0, 0.05) is 12.3 Å². The number of hydrogen-bond donors (Lipinski definition) is 1. The van der Waals surface area contributed by atoms with Crippen molar-refractivity contribution in [2.45, 2.75) is 12.3 Å². The maximum absolute atomic E-state index is 11.8. The van der Waals surface area contributed by atoms with Crippen LogP contribution in [0, 0.1) is 0 Å². The van der Waals surface area contributed by atoms with Crippen molar-refractivity contribution in [1.82, 2.24) is 9.97 Å². The first-order valence-electron chi connectivity index (χ1n) is 4.72. The van der Waals surface area contributed by atoms with Crippen molar-refractivity contribution in [3.8, 4) is 0 Å². The Morgan fingerprint density at radius 1 is 1.50 bits per heavy atom. The molecule has 0 aliphatic heterocycles. The van der Waals surface area contributed by atoms with Crippen LogP contribution < -0.4 is 5.56 Å². The van der Waals surface area contributed by atoms with Gasteiger partial charge in [-0.2, -0.15) is 0 Å². The number of nitrogens with one attached hydrogen (secondary N) is 1. The van der Waals surface area contributed by atoms with Gasteiger partial charge < -0.3 is 4.98 Å². The molecule has 82 valence electrons. The Morgan fingerprint density at radius 3 is 2.88 bits per heavy atom. The van der Waals surface area contributed by atoms with Crippen molar-refractivity contribution in [1.29, 1.82) is 0 Å². The number of halogens is 1. The van der Waals surface area contributed by atoms with Crippen molar-refractivity contribution in [3.63, 3.8) is 0 Å². The molecule has 0 saturated carbocycles. The Bertz CT molecular complexity index is 619. The molecule has 4 nitrogen and oxygen atoms in total. The number of nitrogens with zero attached hydrogens (tertiary/aromatic N) is 1. The molecule has 0 unspecified atom stereocenters. The predicted octanol–water partition coefficient (Wildman–Crippen LogP) is 2.02. The quantitative estimate of drug-likeness (QED) is 0.676. The number of H-pyrrole nitrogens is 1. The molecule has 0 amide bonds. The monoisotopic (exact) mass is 280 g/mol. The highest BCUT2D eigenvalue weighted by molar-refractivity contribution is 9.08. The lowest BCUT2D eigenvalue weighted by molar-refractivity contribution is 0.100. The summed E-state index contributed by atoms with van der Waals surface area (Å²) in [5, 5.41) is 1.11. The van der Waals surface area contributed by atoms with Crippen LogP contribution in [0.3, 0.4) is 0 Å². The second-order valence-corrected chi connectivity index (χ2v) is 3.98. The van der Waals surface area contributed by atoms with Gasteiger partial charge in [0.25, 0.3) is 5.56 Å². The number of alkyl halides is 1. The minimum atomic E-state index is -0.273. The number of rotatable bonds is 2. The predicted molar refractivity (Wildman–Crippen MR) is 65.0 cm³/mol. The molecule has 0 saturated heterocycles. The Kier molecular flexibility index (Phi) is 2.87. The number of fused-ring (bicyclic) bond motifs is 1. The van der Waals surface area contributed by atoms with E-state index in [1.807, 2.05) is 12.1 Å². The first-order chi connectivity index (χ1) is 7.63. The van der Waals surface area contributed by atoms with Crippen LogP contribution in [0.15, 0.2) is 23.0 Å². The lowest BCUT2D eigenvalue weighted by Gasteiger charge is -2.03. The highest BCUT2D eigenvalue weighted by atomic mass is 79.9. The van der Waals surface area contributed by atoms with Crippen molar-refractivity contribution in [2.24, 2.45) is 0 Å². The fourth-order valence-corrected chi connectivity index (χ4v) is 2.01. The third-order valence-electron chi connectivity index (χ3n) is 2.30. The standard InChI is InChI=1S/C11H9BrN2O2/c1-6(15)10-13-8-4-2-3-7(5-12)9(8)11(16)14-10/h2-4H,5H2,1H3,(H,13,14,16). The van der Waals surface area contributed by atoms with Gasteiger partial charge in [0.2, 0.25) is 0 Å². The molecular formula is C11H9BrN2O2. The van der Waals surface area contributed by atoms with E-state index in [1.165, 1.54) is 6.92 Å². The second-order valence-electron chi connectivity index (χ2n) is 3.42. The van der Waals surface area contributed by atoms with Gasteiger partial charge in [0.15, 0.2) is 11.6 Å². The number of benzene rings is 1. The van der Waals surface area contributed by atoms with E-state index in [0.717, 1.165) is 5.56 Å². The van der Waals surface area contributed by atoms with Crippen LogP contribution in [-0.4, -0.2) is 15.8 Å². The summed E-state index contributed by atoms with van der Waals surface area (Å²) in [7, 11) is 0. The van der Waals surface area contributed by atoms with E-state index in [-0.39, 0.29) is 17.2 Å². The lowest BCUT2D eigenvalue weighted by atomic mass is 10.1. The Balaban J connectivity index is 2.86. The lowest BCUT2D eigenvalue weighted by Crippen LogP contribution is -2.15. The van der Waals surface area contributed by atoms with Gasteiger partial charge in [-0.3, -0.25) is 9.59 Å². The van der Waals surface area contributed by atoms with Gasteiger partial charge in [0.1, 0.15) is 0 Å². The summed E-state index contributed by atoms with van der Waals surface area (Å²) >= 11 is 3.31. The van der Waals surface area contributed by atoms with Crippen LogP contribution in [-0.2, 0) is 5.33 Å². The topological polar surface area (TPSA) is 62.8 Å². The molecule has 0 aliphatic carbocycles. The summed E-state index contributed by atoms with van der Waals surface area (Å²) in [6, 6.07) is 5.39. The van der Waals surface area contributed by atoms with E-state index >= 15 is 0 Å². The van der Waals surface area contributed by atoms with E-state index in [1.54, 1.807) is 6.07 Å². The summed E-state index contributed by atoms with van der Waals surface area (Å²) in [6.07, 6.45) is 0. The van der Waals surface area contributed by atoms with E-state index in [2.05, 4.69) is 25.9 Å². The first kappa shape index (κ1) is 11.0. The minimum absolute atomic E-state index is 0.101. The first-order valence-corrected chi connectivity index (χ1v) is 5.84. The number of hydrogen-bond acceptors (Lipinski definition) is 3. The van der Waals surface area contributed by atoms with Gasteiger partial charge in [0.05, 0.1) is 10.9 Å². The second kappa shape index (κ2) is 4.17. The van der Waals surface area contributed by atoms with Crippen LogP contribution in [0.4, 0.5) is 0 Å². The highest BCUT2D eigenvalue weighted by Gasteiger charge is 2.09. The average Bonchev–Trinajstić information content (AvgIpc) is 2.27. The Labute approximate surface area is 99.8 Å². The fourth-order valence-electron chi connectivity index (χ4n) is 1.54. The van der Waals surface area contributed by atoms with E-state index < -0.39 is 0 Å². The van der Waals surface area contributed by atoms with Crippen LogP contribution in [0.2, 0.25) is 0 Å². The summed E-state index contributed by atoms with van der Waals surface area (Å²) in [6.45, 7) is 1.37. The normalized spacial score (nSPS) is 10.6. The van der Waals surface area contributed by atoms with Crippen LogP contribution >= 0.6 is 15.9 Å². The van der Waals surface area contributed by atoms with Gasteiger partial charge in [-0.15, -0.1) is 0 Å². The zero-order chi connectivity index (χ0) is 11.7. The molecule has 2 aromatic rings. The number of aromatic amines is 1. The minimum Gasteiger partial charge on any atom is -0.303 e. The number of aromatic nitrogens is 2. The largest absolute Gasteiger partial charge is 0.303 e. The van der Waals surface area contributed by atoms with Gasteiger partial charge in [-0.1, -0.05) is 28.1 Å². The van der Waals surface area contributed by atoms with Crippen molar-refractivity contribution < 1.29 is 4.79 Å². The van der Waals surface area contributed by atoms with E-state index in [0.29, 0.717) is 16.2 Å². The van der Waals surface area contributed by atoms with Crippen molar-refractivity contribution >= 4 is 32.6 Å². The zero-order valence-corrected chi connectivity index (χ0v) is 10.2. The summed E-state index contributed by atoms with van der Waals surface area (Å²) < 4.78 is 0. The Morgan fingerprint density at radius 2 is 2.25 bits per heavy atom. The van der Waals surface area contributed by atoms with Crippen molar-refractivity contribution in [3.05, 3.63) is 39.9 Å². The van der Waals surface area contributed by atoms with Crippen molar-refractivity contribution in [2.75, 3.05) is 0 Å². The molecule has 1 N–H and O–H groups in total. The summed E-state index contributed by atoms with van der Waals surface area (Å²) in [5.74, 6) is -0.146. The van der Waals surface area contributed by atoms with Gasteiger partial charge >= 0.3 is 0 Å². The maximum atomic E-state index is 11.8. The maximum Gasteiger partial charge on any atom is 0.259 e. The molecule has 0 spiro atoms. The number of carbonyl (C=O) groups excluding carboxylic acids is 1. The van der Waals surface area contributed by atoms with Crippen LogP contribution in [0.5, 0.6) is 0 Å². The molecule has 0 aliphatic rings. The van der Waals surface area contributed by atoms with Crippen LogP contribution in [0.1, 0.15) is 23.1 Å². The summed E-state index contributed by atoms with van der Waals surface area (Å²) in [5.41, 5.74) is 1.14. The Hall–Kier alpha value is -1.49. The molecule has 5 heteroatoms. The van der Waals surface area contributed by atoms with Gasteiger partial charge in [-0.25, -0.2) is 4.98 Å². The molecular weight excluding hydrogens is 272 g/mol. The van der Waals surface area contributed by atoms with Gasteiger partial charge in [-0.05, 0) is 11.6 Å². The smallest absolute Gasteiger partial charge is 0.259 e.